The van der Waals surface area contributed by atoms with Crippen LogP contribution in [0.3, 0.4) is 0 Å². The Morgan fingerprint density at radius 1 is 1.16 bits per heavy atom. The molecule has 0 aliphatic rings. The van der Waals surface area contributed by atoms with E-state index in [1.54, 1.807) is 16.9 Å². The van der Waals surface area contributed by atoms with E-state index in [0.717, 1.165) is 5.56 Å². The zero-order valence-electron chi connectivity index (χ0n) is 16.6. The summed E-state index contributed by atoms with van der Waals surface area (Å²) in [5.41, 5.74) is 1.41. The van der Waals surface area contributed by atoms with Gasteiger partial charge >= 0.3 is 0 Å². The van der Waals surface area contributed by atoms with Crippen LogP contribution in [0.4, 0.5) is 11.4 Å². The first-order valence-corrected chi connectivity index (χ1v) is 9.89. The number of carbonyl (C=O) groups is 1. The average Bonchev–Trinajstić information content (AvgIpc) is 3.44. The van der Waals surface area contributed by atoms with Gasteiger partial charge in [-0.2, -0.15) is 5.10 Å². The molecule has 10 heteroatoms. The summed E-state index contributed by atoms with van der Waals surface area (Å²) in [6.07, 6.45) is 3.24. The second-order valence-corrected chi connectivity index (χ2v) is 7.18. The molecule has 4 aromatic rings. The summed E-state index contributed by atoms with van der Waals surface area (Å²) in [6.45, 7) is 0.543. The molecule has 0 unspecified atom stereocenters. The standard InChI is InChI=1S/C22H17ClN4O5/c23-20-4-2-1-3-15(20)12-26-13-16(11-24-26)25-22(28)21-10-9-19(32-21)14-31-18-7-5-17(6-8-18)27(29)30/h1-11,13H,12,14H2,(H,25,28). The van der Waals surface area contributed by atoms with E-state index in [1.165, 1.54) is 36.5 Å². The molecular weight excluding hydrogens is 436 g/mol. The minimum Gasteiger partial charge on any atom is -0.486 e. The van der Waals surface area contributed by atoms with Gasteiger partial charge in [0.05, 0.1) is 23.4 Å². The fraction of sp³-hybridized carbons (Fsp3) is 0.0909. The van der Waals surface area contributed by atoms with E-state index in [9.17, 15) is 14.9 Å². The van der Waals surface area contributed by atoms with Crippen LogP contribution in [-0.2, 0) is 13.2 Å². The van der Waals surface area contributed by atoms with Crippen LogP contribution < -0.4 is 10.1 Å². The van der Waals surface area contributed by atoms with Crippen molar-refractivity contribution in [3.63, 3.8) is 0 Å². The Balaban J connectivity index is 1.32. The lowest BCUT2D eigenvalue weighted by atomic mass is 10.2. The van der Waals surface area contributed by atoms with Gasteiger partial charge in [-0.15, -0.1) is 0 Å². The van der Waals surface area contributed by atoms with Crippen LogP contribution in [0.5, 0.6) is 5.75 Å². The molecule has 32 heavy (non-hydrogen) atoms. The third-order valence-electron chi connectivity index (χ3n) is 4.50. The molecule has 0 radical (unpaired) electrons. The topological polar surface area (TPSA) is 112 Å². The molecule has 0 atom stereocenters. The van der Waals surface area contributed by atoms with Crippen molar-refractivity contribution in [2.75, 3.05) is 5.32 Å². The summed E-state index contributed by atoms with van der Waals surface area (Å²) in [5.74, 6) is 0.571. The number of nitro benzene ring substituents is 1. The molecule has 1 amide bonds. The summed E-state index contributed by atoms with van der Waals surface area (Å²) in [6, 6.07) is 16.3. The lowest BCUT2D eigenvalue weighted by Gasteiger charge is -2.04. The van der Waals surface area contributed by atoms with E-state index in [1.807, 2.05) is 24.3 Å². The van der Waals surface area contributed by atoms with Gasteiger partial charge in [0, 0.05) is 23.4 Å². The molecule has 9 nitrogen and oxygen atoms in total. The first-order valence-electron chi connectivity index (χ1n) is 9.51. The van der Waals surface area contributed by atoms with Gasteiger partial charge in [-0.05, 0) is 35.9 Å². The van der Waals surface area contributed by atoms with E-state index >= 15 is 0 Å². The Kier molecular flexibility index (Phi) is 6.18. The molecule has 4 rings (SSSR count). The van der Waals surface area contributed by atoms with Crippen LogP contribution >= 0.6 is 11.6 Å². The number of anilines is 1. The van der Waals surface area contributed by atoms with Crippen LogP contribution in [0, 0.1) is 10.1 Å². The minimum absolute atomic E-state index is 0.0236. The number of nitro groups is 1. The quantitative estimate of drug-likeness (QED) is 0.300. The molecule has 0 saturated carbocycles. The number of amides is 1. The number of aromatic nitrogens is 2. The zero-order valence-corrected chi connectivity index (χ0v) is 17.4. The molecule has 0 aliphatic carbocycles. The largest absolute Gasteiger partial charge is 0.486 e. The number of rotatable bonds is 8. The van der Waals surface area contributed by atoms with Crippen molar-refractivity contribution in [3.8, 4) is 5.75 Å². The Morgan fingerprint density at radius 2 is 1.94 bits per heavy atom. The first-order chi connectivity index (χ1) is 15.5. The van der Waals surface area contributed by atoms with Gasteiger partial charge in [-0.25, -0.2) is 0 Å². The highest BCUT2D eigenvalue weighted by Gasteiger charge is 2.13. The molecule has 0 saturated heterocycles. The molecule has 0 aliphatic heterocycles. The second-order valence-electron chi connectivity index (χ2n) is 6.78. The number of nitrogens with one attached hydrogen (secondary N) is 1. The van der Waals surface area contributed by atoms with E-state index in [4.69, 9.17) is 20.8 Å². The molecular formula is C22H17ClN4O5. The maximum atomic E-state index is 12.5. The van der Waals surface area contributed by atoms with Crippen molar-refractivity contribution in [2.24, 2.45) is 0 Å². The van der Waals surface area contributed by atoms with Crippen LogP contribution in [0.25, 0.3) is 0 Å². The summed E-state index contributed by atoms with van der Waals surface area (Å²) in [5, 5.41) is 18.3. The third kappa shape index (κ3) is 5.13. The van der Waals surface area contributed by atoms with Gasteiger partial charge in [-0.1, -0.05) is 29.8 Å². The van der Waals surface area contributed by atoms with E-state index in [2.05, 4.69) is 10.4 Å². The summed E-state index contributed by atoms with van der Waals surface area (Å²) >= 11 is 6.17. The second kappa shape index (κ2) is 9.36. The summed E-state index contributed by atoms with van der Waals surface area (Å²) in [4.78, 5) is 22.7. The highest BCUT2D eigenvalue weighted by atomic mass is 35.5. The smallest absolute Gasteiger partial charge is 0.291 e. The third-order valence-corrected chi connectivity index (χ3v) is 4.86. The number of furan rings is 1. The fourth-order valence-electron chi connectivity index (χ4n) is 2.90. The number of hydrogen-bond donors (Lipinski definition) is 1. The highest BCUT2D eigenvalue weighted by Crippen LogP contribution is 2.20. The van der Waals surface area contributed by atoms with Gasteiger partial charge in [0.2, 0.25) is 0 Å². The van der Waals surface area contributed by atoms with Crippen LogP contribution in [0.1, 0.15) is 21.9 Å². The molecule has 0 bridgehead atoms. The Morgan fingerprint density at radius 3 is 2.69 bits per heavy atom. The van der Waals surface area contributed by atoms with Crippen LogP contribution in [0.2, 0.25) is 5.02 Å². The maximum absolute atomic E-state index is 12.5. The predicted octanol–water partition coefficient (Wildman–Crippen LogP) is 4.92. The van der Waals surface area contributed by atoms with Crippen molar-refractivity contribution >= 4 is 28.9 Å². The Labute approximate surface area is 187 Å². The van der Waals surface area contributed by atoms with Crippen molar-refractivity contribution in [2.45, 2.75) is 13.2 Å². The summed E-state index contributed by atoms with van der Waals surface area (Å²) < 4.78 is 12.7. The molecule has 0 spiro atoms. The number of carbonyl (C=O) groups excluding carboxylic acids is 1. The average molecular weight is 453 g/mol. The minimum atomic E-state index is -0.484. The number of hydrogen-bond acceptors (Lipinski definition) is 6. The Bertz CT molecular complexity index is 1250. The maximum Gasteiger partial charge on any atom is 0.291 e. The molecule has 2 aromatic heterocycles. The Hall–Kier alpha value is -4.11. The SMILES string of the molecule is O=C(Nc1cnn(Cc2ccccc2Cl)c1)c1ccc(COc2ccc([N+](=O)[O-])cc2)o1. The van der Waals surface area contributed by atoms with Crippen LogP contribution in [0.15, 0.2) is 77.5 Å². The monoisotopic (exact) mass is 452 g/mol. The molecule has 2 heterocycles. The van der Waals surface area contributed by atoms with E-state index < -0.39 is 10.8 Å². The van der Waals surface area contributed by atoms with Crippen molar-refractivity contribution in [3.05, 3.63) is 105 Å². The number of nitrogens with zero attached hydrogens (tertiary/aromatic N) is 3. The number of non-ortho nitro benzene ring substituents is 1. The van der Waals surface area contributed by atoms with Gasteiger partial charge in [0.25, 0.3) is 11.6 Å². The normalized spacial score (nSPS) is 10.7. The molecule has 162 valence electrons. The predicted molar refractivity (Wildman–Crippen MR) is 117 cm³/mol. The lowest BCUT2D eigenvalue weighted by Crippen LogP contribution is -2.10. The van der Waals surface area contributed by atoms with Crippen molar-refractivity contribution < 1.29 is 18.9 Å². The first kappa shape index (κ1) is 21.1. The highest BCUT2D eigenvalue weighted by molar-refractivity contribution is 6.31. The van der Waals surface area contributed by atoms with Gasteiger partial charge in [-0.3, -0.25) is 19.6 Å². The van der Waals surface area contributed by atoms with Gasteiger partial charge < -0.3 is 14.5 Å². The molecule has 0 fully saturated rings. The zero-order chi connectivity index (χ0) is 22.5. The lowest BCUT2D eigenvalue weighted by molar-refractivity contribution is -0.384. The molecule has 2 aromatic carbocycles. The van der Waals surface area contributed by atoms with Crippen LogP contribution in [-0.4, -0.2) is 20.6 Å². The number of benzene rings is 2. The van der Waals surface area contributed by atoms with E-state index in [-0.39, 0.29) is 18.1 Å². The molecule has 1 N–H and O–H groups in total. The van der Waals surface area contributed by atoms with Gasteiger partial charge in [0.1, 0.15) is 18.1 Å². The van der Waals surface area contributed by atoms with Crippen molar-refractivity contribution in [1.29, 1.82) is 0 Å². The number of halogens is 1. The number of ether oxygens (including phenoxy) is 1. The van der Waals surface area contributed by atoms with E-state index in [0.29, 0.717) is 28.8 Å². The van der Waals surface area contributed by atoms with Crippen molar-refractivity contribution in [1.82, 2.24) is 9.78 Å². The summed E-state index contributed by atoms with van der Waals surface area (Å²) in [7, 11) is 0. The van der Waals surface area contributed by atoms with Gasteiger partial charge in [0.15, 0.2) is 5.76 Å². The fourth-order valence-corrected chi connectivity index (χ4v) is 3.10.